The molecule has 1 saturated heterocycles. The Morgan fingerprint density at radius 3 is 2.90 bits per heavy atom. The molecular weight excluding hydrogens is 398 g/mol. The van der Waals surface area contributed by atoms with Crippen LogP contribution in [0.2, 0.25) is 5.02 Å². The Balaban J connectivity index is 1.29. The molecule has 30 heavy (non-hydrogen) atoms. The molecular formula is C24H26ClN3O2. The van der Waals surface area contributed by atoms with E-state index in [0.29, 0.717) is 31.0 Å². The Morgan fingerprint density at radius 1 is 1.17 bits per heavy atom. The van der Waals surface area contributed by atoms with Gasteiger partial charge in [-0.1, -0.05) is 41.9 Å². The van der Waals surface area contributed by atoms with Crippen LogP contribution in [-0.2, 0) is 22.6 Å². The van der Waals surface area contributed by atoms with Gasteiger partial charge in [-0.15, -0.1) is 0 Å². The van der Waals surface area contributed by atoms with Gasteiger partial charge in [-0.3, -0.25) is 9.59 Å². The van der Waals surface area contributed by atoms with Gasteiger partial charge in [0.15, 0.2) is 0 Å². The topological polar surface area (TPSA) is 65.2 Å². The van der Waals surface area contributed by atoms with Crippen molar-refractivity contribution >= 4 is 34.3 Å². The molecule has 0 radical (unpaired) electrons. The molecule has 1 aliphatic rings. The first kappa shape index (κ1) is 20.5. The molecule has 156 valence electrons. The van der Waals surface area contributed by atoms with Crippen molar-refractivity contribution in [3.8, 4) is 0 Å². The van der Waals surface area contributed by atoms with E-state index in [1.165, 1.54) is 5.39 Å². The van der Waals surface area contributed by atoms with Gasteiger partial charge >= 0.3 is 0 Å². The summed E-state index contributed by atoms with van der Waals surface area (Å²) < 4.78 is 0. The van der Waals surface area contributed by atoms with Gasteiger partial charge in [0.2, 0.25) is 11.8 Å². The normalized spacial score (nSPS) is 16.6. The van der Waals surface area contributed by atoms with Crippen LogP contribution in [0.5, 0.6) is 0 Å². The van der Waals surface area contributed by atoms with Gasteiger partial charge in [-0.2, -0.15) is 0 Å². The number of hydrogen-bond donors (Lipinski definition) is 2. The average molecular weight is 424 g/mol. The Bertz CT molecular complexity index is 1050. The van der Waals surface area contributed by atoms with Crippen molar-refractivity contribution in [2.75, 3.05) is 13.1 Å². The van der Waals surface area contributed by atoms with Crippen LogP contribution < -0.4 is 5.32 Å². The Kier molecular flexibility index (Phi) is 6.38. The quantitative estimate of drug-likeness (QED) is 0.620. The second-order valence-electron chi connectivity index (χ2n) is 7.89. The first-order chi connectivity index (χ1) is 14.6. The molecule has 0 aliphatic carbocycles. The van der Waals surface area contributed by atoms with Gasteiger partial charge in [-0.05, 0) is 48.6 Å². The number of rotatable bonds is 6. The third-order valence-corrected chi connectivity index (χ3v) is 6.02. The van der Waals surface area contributed by atoms with Crippen molar-refractivity contribution in [2.45, 2.75) is 32.2 Å². The highest BCUT2D eigenvalue weighted by atomic mass is 35.5. The molecule has 1 aliphatic heterocycles. The first-order valence-corrected chi connectivity index (χ1v) is 10.8. The third-order valence-electron chi connectivity index (χ3n) is 5.78. The summed E-state index contributed by atoms with van der Waals surface area (Å²) in [7, 11) is 0. The van der Waals surface area contributed by atoms with Gasteiger partial charge < -0.3 is 15.2 Å². The maximum Gasteiger partial charge on any atom is 0.225 e. The summed E-state index contributed by atoms with van der Waals surface area (Å²) in [6.45, 7) is 1.67. The van der Waals surface area contributed by atoms with Crippen LogP contribution in [0.15, 0.2) is 54.7 Å². The molecule has 6 heteroatoms. The zero-order valence-corrected chi connectivity index (χ0v) is 17.6. The predicted molar refractivity (Wildman–Crippen MR) is 119 cm³/mol. The zero-order chi connectivity index (χ0) is 20.9. The second kappa shape index (κ2) is 9.35. The lowest BCUT2D eigenvalue weighted by Gasteiger charge is -2.32. The van der Waals surface area contributed by atoms with Crippen LogP contribution in [0, 0.1) is 5.92 Å². The number of halogens is 1. The van der Waals surface area contributed by atoms with E-state index in [0.717, 1.165) is 36.0 Å². The van der Waals surface area contributed by atoms with Crippen molar-refractivity contribution < 1.29 is 9.59 Å². The minimum atomic E-state index is -0.157. The number of fused-ring (bicyclic) bond motifs is 1. The first-order valence-electron chi connectivity index (χ1n) is 10.4. The van der Waals surface area contributed by atoms with Crippen LogP contribution in [0.3, 0.4) is 0 Å². The van der Waals surface area contributed by atoms with E-state index in [4.69, 9.17) is 11.6 Å². The summed E-state index contributed by atoms with van der Waals surface area (Å²) >= 11 is 6.00. The molecule has 0 spiro atoms. The second-order valence-corrected chi connectivity index (χ2v) is 8.32. The number of carbonyl (C=O) groups is 2. The van der Waals surface area contributed by atoms with Crippen LogP contribution in [0.25, 0.3) is 10.9 Å². The van der Waals surface area contributed by atoms with E-state index >= 15 is 0 Å². The molecule has 4 rings (SSSR count). The van der Waals surface area contributed by atoms with E-state index in [1.54, 1.807) is 0 Å². The van der Waals surface area contributed by atoms with E-state index in [1.807, 2.05) is 53.6 Å². The standard InChI is InChI=1S/C24H26ClN3O2/c25-20-7-3-5-17(13-20)14-27-24(30)19-6-4-12-28(16-19)23(29)11-10-18-15-26-22-9-2-1-8-21(18)22/h1-3,5,7-9,13,15,19,26H,4,6,10-12,14,16H2,(H,27,30). The van der Waals surface area contributed by atoms with Crippen molar-refractivity contribution in [1.82, 2.24) is 15.2 Å². The smallest absolute Gasteiger partial charge is 0.225 e. The van der Waals surface area contributed by atoms with Crippen LogP contribution >= 0.6 is 11.6 Å². The van der Waals surface area contributed by atoms with Crippen LogP contribution in [-0.4, -0.2) is 34.8 Å². The summed E-state index contributed by atoms with van der Waals surface area (Å²) in [5.74, 6) is -0.0355. The number of amides is 2. The molecule has 2 amide bonds. The number of piperidine rings is 1. The largest absolute Gasteiger partial charge is 0.361 e. The summed E-state index contributed by atoms with van der Waals surface area (Å²) in [6.07, 6.45) is 4.81. The van der Waals surface area contributed by atoms with E-state index in [-0.39, 0.29) is 17.7 Å². The molecule has 2 N–H and O–H groups in total. The predicted octanol–water partition coefficient (Wildman–Crippen LogP) is 4.31. The molecule has 2 heterocycles. The molecule has 1 unspecified atom stereocenters. The fourth-order valence-electron chi connectivity index (χ4n) is 4.14. The summed E-state index contributed by atoms with van der Waals surface area (Å²) in [6, 6.07) is 15.6. The maximum absolute atomic E-state index is 12.8. The number of para-hydroxylation sites is 1. The third kappa shape index (κ3) is 4.85. The van der Waals surface area contributed by atoms with Crippen LogP contribution in [0.1, 0.15) is 30.4 Å². The molecule has 0 bridgehead atoms. The number of benzene rings is 2. The van der Waals surface area contributed by atoms with E-state index < -0.39 is 0 Å². The van der Waals surface area contributed by atoms with E-state index in [2.05, 4.69) is 16.4 Å². The molecule has 1 atom stereocenters. The highest BCUT2D eigenvalue weighted by Crippen LogP contribution is 2.21. The number of aromatic amines is 1. The lowest BCUT2D eigenvalue weighted by atomic mass is 9.96. The summed E-state index contributed by atoms with van der Waals surface area (Å²) in [5, 5.41) is 4.82. The van der Waals surface area contributed by atoms with Gasteiger partial charge in [-0.25, -0.2) is 0 Å². The number of H-pyrrole nitrogens is 1. The van der Waals surface area contributed by atoms with Crippen LogP contribution in [0.4, 0.5) is 0 Å². The van der Waals surface area contributed by atoms with Gasteiger partial charge in [0.25, 0.3) is 0 Å². The fourth-order valence-corrected chi connectivity index (χ4v) is 4.35. The summed E-state index contributed by atoms with van der Waals surface area (Å²) in [4.78, 5) is 30.5. The summed E-state index contributed by atoms with van der Waals surface area (Å²) in [5.41, 5.74) is 3.22. The Hall–Kier alpha value is -2.79. The highest BCUT2D eigenvalue weighted by Gasteiger charge is 2.28. The number of hydrogen-bond acceptors (Lipinski definition) is 2. The number of aromatic nitrogens is 1. The lowest BCUT2D eigenvalue weighted by molar-refractivity contribution is -0.135. The Labute approximate surface area is 181 Å². The van der Waals surface area contributed by atoms with Gasteiger partial charge in [0.05, 0.1) is 5.92 Å². The number of carbonyl (C=O) groups excluding carboxylic acids is 2. The van der Waals surface area contributed by atoms with Crippen molar-refractivity contribution in [3.63, 3.8) is 0 Å². The Morgan fingerprint density at radius 2 is 2.03 bits per heavy atom. The molecule has 3 aromatic rings. The van der Waals surface area contributed by atoms with E-state index in [9.17, 15) is 9.59 Å². The molecule has 5 nitrogen and oxygen atoms in total. The molecule has 1 fully saturated rings. The van der Waals surface area contributed by atoms with Gasteiger partial charge in [0, 0.05) is 48.2 Å². The average Bonchev–Trinajstić information content (AvgIpc) is 3.19. The van der Waals surface area contributed by atoms with Crippen molar-refractivity contribution in [3.05, 3.63) is 70.9 Å². The molecule has 0 saturated carbocycles. The number of nitrogens with zero attached hydrogens (tertiary/aromatic N) is 1. The highest BCUT2D eigenvalue weighted by molar-refractivity contribution is 6.30. The van der Waals surface area contributed by atoms with Crippen molar-refractivity contribution in [2.24, 2.45) is 5.92 Å². The number of nitrogens with one attached hydrogen (secondary N) is 2. The lowest BCUT2D eigenvalue weighted by Crippen LogP contribution is -2.45. The minimum absolute atomic E-state index is 0.00380. The zero-order valence-electron chi connectivity index (χ0n) is 16.9. The maximum atomic E-state index is 12.8. The monoisotopic (exact) mass is 423 g/mol. The number of likely N-dealkylation sites (tertiary alicyclic amines) is 1. The SMILES string of the molecule is O=C(NCc1cccc(Cl)c1)C1CCCN(C(=O)CCc2c[nH]c3ccccc23)C1. The molecule has 2 aromatic carbocycles. The van der Waals surface area contributed by atoms with Gasteiger partial charge in [0.1, 0.15) is 0 Å². The van der Waals surface area contributed by atoms with Crippen molar-refractivity contribution in [1.29, 1.82) is 0 Å². The number of aryl methyl sites for hydroxylation is 1. The minimum Gasteiger partial charge on any atom is -0.361 e. The molecule has 1 aromatic heterocycles. The fraction of sp³-hybridized carbons (Fsp3) is 0.333.